The topological polar surface area (TPSA) is 9.23 Å². The summed E-state index contributed by atoms with van der Waals surface area (Å²) in [5.74, 6) is 1.67. The van der Waals surface area contributed by atoms with Crippen molar-refractivity contribution >= 4 is 23.4 Å². The molecule has 2 aromatic rings. The standard InChI is InChI=1S/C15H15ClOS/c1-12-7-8-15(14(16)11-12)17-9-10-18-13-5-3-2-4-6-13/h2-8,11H,9-10H2,1H3. The third-order valence-corrected chi connectivity index (χ3v) is 3.71. The Labute approximate surface area is 117 Å². The van der Waals surface area contributed by atoms with E-state index in [-0.39, 0.29) is 0 Å². The van der Waals surface area contributed by atoms with Gasteiger partial charge in [-0.25, -0.2) is 0 Å². The molecule has 2 rings (SSSR count). The van der Waals surface area contributed by atoms with E-state index in [1.807, 2.05) is 43.3 Å². The maximum Gasteiger partial charge on any atom is 0.137 e. The first-order valence-corrected chi connectivity index (χ1v) is 7.19. The third kappa shape index (κ3) is 3.97. The lowest BCUT2D eigenvalue weighted by Crippen LogP contribution is -2.00. The van der Waals surface area contributed by atoms with Crippen LogP contribution in [-0.4, -0.2) is 12.4 Å². The second-order valence-corrected chi connectivity index (χ2v) is 5.52. The highest BCUT2D eigenvalue weighted by Gasteiger charge is 2.01. The number of ether oxygens (including phenoxy) is 1. The van der Waals surface area contributed by atoms with Gasteiger partial charge in [-0.15, -0.1) is 11.8 Å². The third-order valence-electron chi connectivity index (χ3n) is 2.44. The molecule has 0 aliphatic rings. The lowest BCUT2D eigenvalue weighted by molar-refractivity contribution is 0.344. The van der Waals surface area contributed by atoms with Gasteiger partial charge in [0.05, 0.1) is 11.6 Å². The van der Waals surface area contributed by atoms with Crippen LogP contribution in [0, 0.1) is 6.92 Å². The molecule has 94 valence electrons. The van der Waals surface area contributed by atoms with Gasteiger partial charge in [0, 0.05) is 10.6 Å². The molecule has 0 unspecified atom stereocenters. The van der Waals surface area contributed by atoms with Crippen molar-refractivity contribution in [3.05, 3.63) is 59.1 Å². The van der Waals surface area contributed by atoms with E-state index in [1.165, 1.54) is 4.90 Å². The maximum absolute atomic E-state index is 6.09. The van der Waals surface area contributed by atoms with Crippen LogP contribution >= 0.6 is 23.4 Å². The molecule has 0 fully saturated rings. The van der Waals surface area contributed by atoms with E-state index in [0.717, 1.165) is 17.1 Å². The molecule has 1 nitrogen and oxygen atoms in total. The number of halogens is 1. The summed E-state index contributed by atoms with van der Waals surface area (Å²) >= 11 is 7.87. The fourth-order valence-corrected chi connectivity index (χ4v) is 2.59. The summed E-state index contributed by atoms with van der Waals surface area (Å²) in [5.41, 5.74) is 1.14. The van der Waals surface area contributed by atoms with Gasteiger partial charge in [-0.05, 0) is 36.8 Å². The number of rotatable bonds is 5. The van der Waals surface area contributed by atoms with Crippen LogP contribution in [0.1, 0.15) is 5.56 Å². The molecule has 0 aromatic heterocycles. The van der Waals surface area contributed by atoms with Crippen molar-refractivity contribution in [3.8, 4) is 5.75 Å². The molecule has 2 aromatic carbocycles. The smallest absolute Gasteiger partial charge is 0.137 e. The van der Waals surface area contributed by atoms with E-state index in [4.69, 9.17) is 16.3 Å². The molecular weight excluding hydrogens is 264 g/mol. The number of benzene rings is 2. The summed E-state index contributed by atoms with van der Waals surface area (Å²) in [7, 11) is 0. The van der Waals surface area contributed by atoms with Crippen molar-refractivity contribution in [2.75, 3.05) is 12.4 Å². The zero-order valence-electron chi connectivity index (χ0n) is 10.2. The normalized spacial score (nSPS) is 10.3. The predicted octanol–water partition coefficient (Wildman–Crippen LogP) is 4.82. The second-order valence-electron chi connectivity index (χ2n) is 3.94. The Bertz CT molecular complexity index is 499. The predicted molar refractivity (Wildman–Crippen MR) is 78.9 cm³/mol. The SMILES string of the molecule is Cc1ccc(OCCSc2ccccc2)c(Cl)c1. The van der Waals surface area contributed by atoms with Crippen LogP contribution < -0.4 is 4.74 Å². The number of hydrogen-bond donors (Lipinski definition) is 0. The largest absolute Gasteiger partial charge is 0.491 e. The van der Waals surface area contributed by atoms with Crippen LogP contribution in [0.15, 0.2) is 53.4 Å². The first kappa shape index (κ1) is 13.3. The van der Waals surface area contributed by atoms with Crippen LogP contribution in [0.2, 0.25) is 5.02 Å². The Hall–Kier alpha value is -1.12. The highest BCUT2D eigenvalue weighted by atomic mass is 35.5. The van der Waals surface area contributed by atoms with Gasteiger partial charge in [-0.1, -0.05) is 35.9 Å². The van der Waals surface area contributed by atoms with Crippen LogP contribution in [0.25, 0.3) is 0 Å². The molecule has 0 spiro atoms. The monoisotopic (exact) mass is 278 g/mol. The zero-order chi connectivity index (χ0) is 12.8. The van der Waals surface area contributed by atoms with E-state index in [9.17, 15) is 0 Å². The average Bonchev–Trinajstić information content (AvgIpc) is 2.38. The fourth-order valence-electron chi connectivity index (χ4n) is 1.55. The first-order valence-electron chi connectivity index (χ1n) is 5.82. The summed E-state index contributed by atoms with van der Waals surface area (Å²) < 4.78 is 5.66. The van der Waals surface area contributed by atoms with E-state index in [2.05, 4.69) is 12.1 Å². The average molecular weight is 279 g/mol. The Morgan fingerprint density at radius 2 is 1.89 bits per heavy atom. The van der Waals surface area contributed by atoms with Crippen LogP contribution in [0.4, 0.5) is 0 Å². The van der Waals surface area contributed by atoms with Gasteiger partial charge < -0.3 is 4.74 Å². The second kappa shape index (κ2) is 6.72. The molecule has 0 amide bonds. The molecule has 0 aliphatic carbocycles. The Morgan fingerprint density at radius 1 is 1.11 bits per heavy atom. The summed E-state index contributed by atoms with van der Waals surface area (Å²) in [4.78, 5) is 1.26. The Balaban J connectivity index is 1.79. The Morgan fingerprint density at radius 3 is 2.61 bits per heavy atom. The molecule has 0 saturated carbocycles. The maximum atomic E-state index is 6.09. The zero-order valence-corrected chi connectivity index (χ0v) is 11.8. The van der Waals surface area contributed by atoms with E-state index >= 15 is 0 Å². The molecule has 0 atom stereocenters. The highest BCUT2D eigenvalue weighted by Crippen LogP contribution is 2.25. The van der Waals surface area contributed by atoms with E-state index in [0.29, 0.717) is 11.6 Å². The molecule has 0 N–H and O–H groups in total. The fraction of sp³-hybridized carbons (Fsp3) is 0.200. The van der Waals surface area contributed by atoms with Gasteiger partial charge in [0.1, 0.15) is 5.75 Å². The number of aryl methyl sites for hydroxylation is 1. The molecule has 0 saturated heterocycles. The molecule has 0 bridgehead atoms. The minimum atomic E-state index is 0.655. The van der Waals surface area contributed by atoms with Crippen LogP contribution in [-0.2, 0) is 0 Å². The van der Waals surface area contributed by atoms with Gasteiger partial charge in [0.2, 0.25) is 0 Å². The lowest BCUT2D eigenvalue weighted by atomic mass is 10.2. The summed E-state index contributed by atoms with van der Waals surface area (Å²) in [6, 6.07) is 16.2. The summed E-state index contributed by atoms with van der Waals surface area (Å²) in [5, 5.41) is 0.680. The van der Waals surface area contributed by atoms with Crippen molar-refractivity contribution in [1.29, 1.82) is 0 Å². The lowest BCUT2D eigenvalue weighted by Gasteiger charge is -2.08. The van der Waals surface area contributed by atoms with Crippen molar-refractivity contribution < 1.29 is 4.74 Å². The first-order chi connectivity index (χ1) is 8.75. The molecule has 0 radical (unpaired) electrons. The van der Waals surface area contributed by atoms with Crippen molar-refractivity contribution in [1.82, 2.24) is 0 Å². The molecule has 3 heteroatoms. The summed E-state index contributed by atoms with van der Waals surface area (Å²) in [6.45, 7) is 2.67. The molecule has 0 aliphatic heterocycles. The van der Waals surface area contributed by atoms with Gasteiger partial charge in [0.15, 0.2) is 0 Å². The van der Waals surface area contributed by atoms with E-state index < -0.39 is 0 Å². The van der Waals surface area contributed by atoms with Crippen LogP contribution in [0.3, 0.4) is 0 Å². The van der Waals surface area contributed by atoms with Crippen molar-refractivity contribution in [2.24, 2.45) is 0 Å². The quantitative estimate of drug-likeness (QED) is 0.573. The minimum absolute atomic E-state index is 0.655. The van der Waals surface area contributed by atoms with Gasteiger partial charge in [0.25, 0.3) is 0 Å². The highest BCUT2D eigenvalue weighted by molar-refractivity contribution is 7.99. The Kier molecular flexibility index (Phi) is 4.97. The number of hydrogen-bond acceptors (Lipinski definition) is 2. The molecule has 18 heavy (non-hydrogen) atoms. The van der Waals surface area contributed by atoms with Gasteiger partial charge in [-0.3, -0.25) is 0 Å². The summed E-state index contributed by atoms with van der Waals surface area (Å²) in [6.07, 6.45) is 0. The molecule has 0 heterocycles. The van der Waals surface area contributed by atoms with Gasteiger partial charge in [-0.2, -0.15) is 0 Å². The minimum Gasteiger partial charge on any atom is -0.491 e. The van der Waals surface area contributed by atoms with E-state index in [1.54, 1.807) is 11.8 Å². The van der Waals surface area contributed by atoms with Gasteiger partial charge >= 0.3 is 0 Å². The molecular formula is C15H15ClOS. The number of thioether (sulfide) groups is 1. The van der Waals surface area contributed by atoms with Crippen molar-refractivity contribution in [3.63, 3.8) is 0 Å². The van der Waals surface area contributed by atoms with Crippen molar-refractivity contribution in [2.45, 2.75) is 11.8 Å². The van der Waals surface area contributed by atoms with Crippen LogP contribution in [0.5, 0.6) is 5.75 Å².